The van der Waals surface area contributed by atoms with Crippen molar-refractivity contribution in [2.75, 3.05) is 7.11 Å². The van der Waals surface area contributed by atoms with Gasteiger partial charge in [-0.05, 0) is 70.2 Å². The van der Waals surface area contributed by atoms with E-state index in [4.69, 9.17) is 4.74 Å². The minimum atomic E-state index is -0.648. The summed E-state index contributed by atoms with van der Waals surface area (Å²) in [7, 11) is 1.45. The summed E-state index contributed by atoms with van der Waals surface area (Å²) in [6.07, 6.45) is 4.02. The first-order chi connectivity index (χ1) is 16.5. The Morgan fingerprint density at radius 2 is 1.77 bits per heavy atom. The van der Waals surface area contributed by atoms with Gasteiger partial charge in [-0.1, -0.05) is 17.7 Å². The normalized spacial score (nSPS) is 28.4. The van der Waals surface area contributed by atoms with Gasteiger partial charge in [0.15, 0.2) is 23.1 Å². The zero-order chi connectivity index (χ0) is 25.4. The maximum atomic E-state index is 13.7. The SMILES string of the molecule is COc1cc([C@H]2C3=CC[C@@H]4C(=O)N(C(C)(C)C)C(=O)[C@@H]4[C@@H]3CC3=C2C(=O)C=C(C)C3=O)ccc1O. The smallest absolute Gasteiger partial charge is 0.234 e. The highest BCUT2D eigenvalue weighted by Crippen LogP contribution is 2.56. The number of rotatable bonds is 2. The number of Topliss-reactive ketones (excluding diaryl/α,β-unsaturated/α-hetero) is 1. The lowest BCUT2D eigenvalue weighted by Crippen LogP contribution is -2.46. The van der Waals surface area contributed by atoms with Crippen LogP contribution in [0.2, 0.25) is 0 Å². The number of allylic oxidation sites excluding steroid dienone is 6. The van der Waals surface area contributed by atoms with Crippen LogP contribution in [0.5, 0.6) is 11.5 Å². The largest absolute Gasteiger partial charge is 0.504 e. The summed E-state index contributed by atoms with van der Waals surface area (Å²) in [6.45, 7) is 7.17. The average Bonchev–Trinajstić information content (AvgIpc) is 3.06. The van der Waals surface area contributed by atoms with Crippen LogP contribution >= 0.6 is 0 Å². The molecule has 1 aliphatic heterocycles. The summed E-state index contributed by atoms with van der Waals surface area (Å²) in [5, 5.41) is 10.1. The van der Waals surface area contributed by atoms with Crippen LogP contribution in [-0.4, -0.2) is 46.0 Å². The first-order valence-electron chi connectivity index (χ1n) is 11.9. The van der Waals surface area contributed by atoms with Gasteiger partial charge in [-0.3, -0.25) is 24.1 Å². The van der Waals surface area contributed by atoms with E-state index in [0.717, 1.165) is 5.57 Å². The molecule has 0 unspecified atom stereocenters. The van der Waals surface area contributed by atoms with Crippen LogP contribution in [0.25, 0.3) is 0 Å². The second-order valence-corrected chi connectivity index (χ2v) is 10.8. The zero-order valence-corrected chi connectivity index (χ0v) is 20.5. The number of hydrogen-bond acceptors (Lipinski definition) is 6. The Hall–Kier alpha value is -3.48. The number of amides is 2. The van der Waals surface area contributed by atoms with Crippen LogP contribution in [0.4, 0.5) is 0 Å². The number of likely N-dealkylation sites (tertiary alicyclic amines) is 1. The van der Waals surface area contributed by atoms with Crippen LogP contribution in [-0.2, 0) is 19.2 Å². The van der Waals surface area contributed by atoms with E-state index in [2.05, 4.69) is 0 Å². The molecule has 0 aromatic heterocycles. The van der Waals surface area contributed by atoms with E-state index in [1.54, 1.807) is 19.1 Å². The Morgan fingerprint density at radius 1 is 1.06 bits per heavy atom. The predicted molar refractivity (Wildman–Crippen MR) is 128 cm³/mol. The first-order valence-corrected chi connectivity index (χ1v) is 11.9. The molecule has 5 rings (SSSR count). The summed E-state index contributed by atoms with van der Waals surface area (Å²) < 4.78 is 5.31. The van der Waals surface area contributed by atoms with Crippen molar-refractivity contribution < 1.29 is 29.0 Å². The fourth-order valence-electron chi connectivity index (χ4n) is 6.30. The molecule has 35 heavy (non-hydrogen) atoms. The molecule has 2 amide bonds. The van der Waals surface area contributed by atoms with Gasteiger partial charge < -0.3 is 9.84 Å². The topological polar surface area (TPSA) is 101 Å². The van der Waals surface area contributed by atoms with Gasteiger partial charge >= 0.3 is 0 Å². The van der Waals surface area contributed by atoms with E-state index in [1.807, 2.05) is 26.8 Å². The van der Waals surface area contributed by atoms with Gasteiger partial charge in [0.25, 0.3) is 0 Å². The van der Waals surface area contributed by atoms with Crippen LogP contribution in [0.3, 0.4) is 0 Å². The number of nitrogens with zero attached hydrogens (tertiary/aromatic N) is 1. The lowest BCUT2D eigenvalue weighted by Gasteiger charge is -2.42. The molecule has 0 bridgehead atoms. The molecule has 4 atom stereocenters. The van der Waals surface area contributed by atoms with Crippen molar-refractivity contribution in [3.63, 3.8) is 0 Å². The Balaban J connectivity index is 1.69. The number of phenolic OH excluding ortho intramolecular Hbond substituents is 1. The van der Waals surface area contributed by atoms with Gasteiger partial charge in [-0.2, -0.15) is 0 Å². The summed E-state index contributed by atoms with van der Waals surface area (Å²) in [6, 6.07) is 4.90. The van der Waals surface area contributed by atoms with Gasteiger partial charge in [-0.25, -0.2) is 0 Å². The minimum Gasteiger partial charge on any atom is -0.504 e. The van der Waals surface area contributed by atoms with Crippen molar-refractivity contribution in [1.82, 2.24) is 4.90 Å². The molecule has 0 spiro atoms. The summed E-state index contributed by atoms with van der Waals surface area (Å²) >= 11 is 0. The number of ether oxygens (including phenoxy) is 1. The monoisotopic (exact) mass is 475 g/mol. The maximum absolute atomic E-state index is 13.7. The number of fused-ring (bicyclic) bond motifs is 3. The molecular formula is C28H29NO6. The molecule has 1 aromatic rings. The number of carbonyl (C=O) groups excluding carboxylic acids is 4. The highest BCUT2D eigenvalue weighted by Gasteiger charge is 2.58. The maximum Gasteiger partial charge on any atom is 0.234 e. The highest BCUT2D eigenvalue weighted by atomic mass is 16.5. The van der Waals surface area contributed by atoms with Gasteiger partial charge in [-0.15, -0.1) is 0 Å². The van der Waals surface area contributed by atoms with Crippen molar-refractivity contribution in [2.45, 2.75) is 52.0 Å². The Kier molecular flexibility index (Phi) is 5.16. The standard InChI is InChI=1S/C28H29NO6/c1-13-10-20(31)24-18(25(13)32)12-17-15(22(24)14-6-9-19(30)21(11-14)35-5)7-8-16-23(17)27(34)29(26(16)33)28(2,3)4/h6-7,9-11,16-17,22-23,30H,8,12H2,1-5H3/t16-,17+,22-,23-/m0/s1. The molecule has 1 aromatic carbocycles. The van der Waals surface area contributed by atoms with Gasteiger partial charge in [0.1, 0.15) is 0 Å². The van der Waals surface area contributed by atoms with E-state index in [0.29, 0.717) is 28.7 Å². The summed E-state index contributed by atoms with van der Waals surface area (Å²) in [4.78, 5) is 54.9. The van der Waals surface area contributed by atoms with Crippen LogP contribution in [0.15, 0.2) is 52.6 Å². The molecule has 1 N–H and O–H groups in total. The molecule has 7 nitrogen and oxygen atoms in total. The number of hydrogen-bond donors (Lipinski definition) is 1. The van der Waals surface area contributed by atoms with Gasteiger partial charge in [0.05, 0.1) is 18.9 Å². The fraction of sp³-hybridized carbons (Fsp3) is 0.429. The molecule has 7 heteroatoms. The van der Waals surface area contributed by atoms with E-state index < -0.39 is 23.3 Å². The van der Waals surface area contributed by atoms with Crippen LogP contribution in [0.1, 0.15) is 52.0 Å². The third kappa shape index (κ3) is 3.32. The molecule has 3 aliphatic carbocycles. The Labute approximate surface area is 204 Å². The number of methoxy groups -OCH3 is 1. The molecule has 1 saturated heterocycles. The molecular weight excluding hydrogens is 446 g/mol. The quantitative estimate of drug-likeness (QED) is 0.398. The van der Waals surface area contributed by atoms with E-state index >= 15 is 0 Å². The van der Waals surface area contributed by atoms with Crippen LogP contribution < -0.4 is 4.74 Å². The van der Waals surface area contributed by atoms with E-state index in [-0.39, 0.29) is 47.2 Å². The number of phenols is 1. The number of aromatic hydroxyl groups is 1. The molecule has 4 aliphatic rings. The number of benzene rings is 1. The molecule has 1 fully saturated rings. The predicted octanol–water partition coefficient (Wildman–Crippen LogP) is 3.63. The molecule has 182 valence electrons. The fourth-order valence-corrected chi connectivity index (χ4v) is 6.30. The zero-order valence-electron chi connectivity index (χ0n) is 20.5. The highest BCUT2D eigenvalue weighted by molar-refractivity contribution is 6.23. The molecule has 1 heterocycles. The first kappa shape index (κ1) is 23.3. The van der Waals surface area contributed by atoms with Gasteiger partial charge in [0.2, 0.25) is 11.8 Å². The lowest BCUT2D eigenvalue weighted by molar-refractivity contribution is -0.145. The molecule has 0 radical (unpaired) electrons. The van der Waals surface area contributed by atoms with Crippen LogP contribution in [0, 0.1) is 17.8 Å². The van der Waals surface area contributed by atoms with Crippen molar-refractivity contribution in [3.8, 4) is 11.5 Å². The number of carbonyl (C=O) groups is 4. The Morgan fingerprint density at radius 3 is 2.43 bits per heavy atom. The summed E-state index contributed by atoms with van der Waals surface area (Å²) in [5.41, 5.74) is 2.14. The van der Waals surface area contributed by atoms with Crippen molar-refractivity contribution >= 4 is 23.4 Å². The van der Waals surface area contributed by atoms with Crippen molar-refractivity contribution in [3.05, 3.63) is 58.2 Å². The van der Waals surface area contributed by atoms with Crippen molar-refractivity contribution in [2.24, 2.45) is 17.8 Å². The van der Waals surface area contributed by atoms with E-state index in [9.17, 15) is 24.3 Å². The second kappa shape index (κ2) is 7.77. The van der Waals surface area contributed by atoms with Gasteiger partial charge in [0, 0.05) is 28.2 Å². The Bertz CT molecular complexity index is 1290. The van der Waals surface area contributed by atoms with E-state index in [1.165, 1.54) is 24.2 Å². The second-order valence-electron chi connectivity index (χ2n) is 10.8. The lowest BCUT2D eigenvalue weighted by atomic mass is 9.59. The average molecular weight is 476 g/mol. The minimum absolute atomic E-state index is 0.0327. The molecule has 0 saturated carbocycles. The van der Waals surface area contributed by atoms with Crippen molar-refractivity contribution in [1.29, 1.82) is 0 Å². The number of imide groups is 1. The third-order valence-corrected chi connectivity index (χ3v) is 7.77. The third-order valence-electron chi connectivity index (χ3n) is 7.77. The number of ketones is 2. The summed E-state index contributed by atoms with van der Waals surface area (Å²) in [5.74, 6) is -2.56.